The van der Waals surface area contributed by atoms with Crippen molar-refractivity contribution in [1.29, 1.82) is 0 Å². The highest BCUT2D eigenvalue weighted by Gasteiger charge is 2.59. The molecule has 4 nitrogen and oxygen atoms in total. The molecule has 2 heterocycles. The standard InChI is InChI=1S/C12H22O4/c1-9(6-4-2-3-5-7-13)8-14-11-10-12(15-10)16-11/h9-13H,2-8H2,1H3. The van der Waals surface area contributed by atoms with Crippen LogP contribution in [0.5, 0.6) is 0 Å². The summed E-state index contributed by atoms with van der Waals surface area (Å²) in [7, 11) is 0. The Morgan fingerprint density at radius 2 is 2.00 bits per heavy atom. The van der Waals surface area contributed by atoms with E-state index in [1.54, 1.807) is 0 Å². The van der Waals surface area contributed by atoms with Crippen LogP contribution in [0, 0.1) is 5.92 Å². The lowest BCUT2D eigenvalue weighted by molar-refractivity contribution is -0.206. The van der Waals surface area contributed by atoms with Gasteiger partial charge in [0.05, 0.1) is 6.61 Å². The molecule has 0 aromatic rings. The summed E-state index contributed by atoms with van der Waals surface area (Å²) in [6, 6.07) is 0. The fourth-order valence-electron chi connectivity index (χ4n) is 1.97. The molecule has 0 aromatic carbocycles. The predicted octanol–water partition coefficient (Wildman–Crippen LogP) is 1.66. The molecule has 1 N–H and O–H groups in total. The van der Waals surface area contributed by atoms with Crippen LogP contribution < -0.4 is 0 Å². The number of hydrogen-bond donors (Lipinski definition) is 1. The Balaban J connectivity index is 1.40. The van der Waals surface area contributed by atoms with Gasteiger partial charge in [-0.1, -0.05) is 26.2 Å². The van der Waals surface area contributed by atoms with Gasteiger partial charge in [-0.15, -0.1) is 0 Å². The summed E-state index contributed by atoms with van der Waals surface area (Å²) in [4.78, 5) is 0. The maximum atomic E-state index is 8.64. The molecule has 0 aliphatic carbocycles. The third kappa shape index (κ3) is 3.42. The topological polar surface area (TPSA) is 51.2 Å². The van der Waals surface area contributed by atoms with E-state index in [0.29, 0.717) is 12.5 Å². The van der Waals surface area contributed by atoms with Gasteiger partial charge >= 0.3 is 0 Å². The summed E-state index contributed by atoms with van der Waals surface area (Å²) >= 11 is 0. The highest BCUT2D eigenvalue weighted by molar-refractivity contribution is 4.90. The van der Waals surface area contributed by atoms with Gasteiger partial charge in [-0.05, 0) is 18.8 Å². The van der Waals surface area contributed by atoms with Crippen LogP contribution in [-0.2, 0) is 14.2 Å². The van der Waals surface area contributed by atoms with E-state index in [9.17, 15) is 0 Å². The second-order valence-corrected chi connectivity index (χ2v) is 4.84. The van der Waals surface area contributed by atoms with Gasteiger partial charge in [-0.25, -0.2) is 0 Å². The number of aliphatic hydroxyl groups is 1. The van der Waals surface area contributed by atoms with Gasteiger partial charge in [0.15, 0.2) is 18.7 Å². The van der Waals surface area contributed by atoms with E-state index in [0.717, 1.165) is 19.4 Å². The molecule has 4 unspecified atom stereocenters. The lowest BCUT2D eigenvalue weighted by Gasteiger charge is -2.23. The molecule has 2 aliphatic rings. The number of epoxide rings is 1. The maximum absolute atomic E-state index is 8.64. The van der Waals surface area contributed by atoms with E-state index in [1.165, 1.54) is 19.3 Å². The second-order valence-electron chi connectivity index (χ2n) is 4.84. The molecule has 4 heteroatoms. The molecule has 0 aromatic heterocycles. The van der Waals surface area contributed by atoms with Crippen molar-refractivity contribution in [2.75, 3.05) is 13.2 Å². The number of ether oxygens (including phenoxy) is 3. The smallest absolute Gasteiger partial charge is 0.192 e. The summed E-state index contributed by atoms with van der Waals surface area (Å²) in [6.07, 6.45) is 5.87. The fourth-order valence-corrected chi connectivity index (χ4v) is 1.97. The number of hydrogen-bond acceptors (Lipinski definition) is 4. The minimum absolute atomic E-state index is 0.0544. The first kappa shape index (κ1) is 12.3. The SMILES string of the molecule is CC(CCCCCCO)COC1OC2OC12. The Labute approximate surface area is 96.9 Å². The zero-order chi connectivity index (χ0) is 11.4. The quantitative estimate of drug-likeness (QED) is 0.483. The molecule has 2 saturated heterocycles. The van der Waals surface area contributed by atoms with E-state index < -0.39 is 0 Å². The first-order valence-corrected chi connectivity index (χ1v) is 6.34. The average Bonchev–Trinajstić information content (AvgIpc) is 2.90. The van der Waals surface area contributed by atoms with Crippen LogP contribution in [0.2, 0.25) is 0 Å². The molecule has 2 rings (SSSR count). The molecule has 16 heavy (non-hydrogen) atoms. The van der Waals surface area contributed by atoms with Crippen molar-refractivity contribution < 1.29 is 19.3 Å². The van der Waals surface area contributed by atoms with Crippen LogP contribution >= 0.6 is 0 Å². The Hall–Kier alpha value is -0.160. The summed E-state index contributed by atoms with van der Waals surface area (Å²) in [5.41, 5.74) is 0. The Kier molecular flexibility index (Phi) is 4.58. The summed E-state index contributed by atoms with van der Waals surface area (Å²) in [5, 5.41) is 8.64. The molecule has 4 atom stereocenters. The third-order valence-electron chi connectivity index (χ3n) is 3.17. The zero-order valence-corrected chi connectivity index (χ0v) is 9.93. The van der Waals surface area contributed by atoms with E-state index in [-0.39, 0.29) is 18.7 Å². The van der Waals surface area contributed by atoms with E-state index in [1.807, 2.05) is 0 Å². The highest BCUT2D eigenvalue weighted by Crippen LogP contribution is 2.40. The van der Waals surface area contributed by atoms with Crippen molar-refractivity contribution in [3.8, 4) is 0 Å². The molecule has 0 saturated carbocycles. The molecular formula is C12H22O4. The van der Waals surface area contributed by atoms with Crippen LogP contribution in [0.15, 0.2) is 0 Å². The fraction of sp³-hybridized carbons (Fsp3) is 1.00. The Morgan fingerprint density at radius 3 is 2.62 bits per heavy atom. The number of fused-ring (bicyclic) bond motifs is 1. The van der Waals surface area contributed by atoms with Crippen molar-refractivity contribution in [3.05, 3.63) is 0 Å². The molecular weight excluding hydrogens is 208 g/mol. The van der Waals surface area contributed by atoms with E-state index >= 15 is 0 Å². The Bertz CT molecular complexity index is 209. The zero-order valence-electron chi connectivity index (χ0n) is 9.93. The van der Waals surface area contributed by atoms with Crippen molar-refractivity contribution in [2.24, 2.45) is 5.92 Å². The van der Waals surface area contributed by atoms with Crippen LogP contribution in [0.4, 0.5) is 0 Å². The first-order chi connectivity index (χ1) is 7.81. The van der Waals surface area contributed by atoms with Gasteiger partial charge in [0.25, 0.3) is 0 Å². The van der Waals surface area contributed by atoms with E-state index in [2.05, 4.69) is 6.92 Å². The second kappa shape index (κ2) is 5.96. The van der Waals surface area contributed by atoms with Crippen LogP contribution in [0.3, 0.4) is 0 Å². The summed E-state index contributed by atoms with van der Waals surface area (Å²) in [5.74, 6) is 0.579. The normalized spacial score (nSPS) is 33.0. The van der Waals surface area contributed by atoms with Gasteiger partial charge < -0.3 is 19.3 Å². The lowest BCUT2D eigenvalue weighted by atomic mass is 10.0. The lowest BCUT2D eigenvalue weighted by Crippen LogP contribution is -2.36. The van der Waals surface area contributed by atoms with Crippen LogP contribution in [0.1, 0.15) is 39.0 Å². The number of unbranched alkanes of at least 4 members (excludes halogenated alkanes) is 3. The van der Waals surface area contributed by atoms with Gasteiger partial charge in [-0.2, -0.15) is 0 Å². The third-order valence-corrected chi connectivity index (χ3v) is 3.17. The first-order valence-electron chi connectivity index (χ1n) is 6.34. The van der Waals surface area contributed by atoms with Gasteiger partial charge in [0.2, 0.25) is 0 Å². The highest BCUT2D eigenvalue weighted by atomic mass is 16.9. The van der Waals surface area contributed by atoms with Crippen molar-refractivity contribution in [2.45, 2.75) is 57.7 Å². The molecule has 2 fully saturated rings. The van der Waals surface area contributed by atoms with Crippen LogP contribution in [-0.4, -0.2) is 37.0 Å². The van der Waals surface area contributed by atoms with Crippen molar-refractivity contribution in [1.82, 2.24) is 0 Å². The summed E-state index contributed by atoms with van der Waals surface area (Å²) in [6.45, 7) is 3.29. The molecule has 94 valence electrons. The number of rotatable bonds is 9. The average molecular weight is 230 g/mol. The molecule has 2 aliphatic heterocycles. The van der Waals surface area contributed by atoms with Gasteiger partial charge in [0.1, 0.15) is 0 Å². The monoisotopic (exact) mass is 230 g/mol. The van der Waals surface area contributed by atoms with Crippen molar-refractivity contribution >= 4 is 0 Å². The van der Waals surface area contributed by atoms with Crippen LogP contribution in [0.25, 0.3) is 0 Å². The molecule has 0 bridgehead atoms. The van der Waals surface area contributed by atoms with E-state index in [4.69, 9.17) is 19.3 Å². The van der Waals surface area contributed by atoms with Crippen molar-refractivity contribution in [3.63, 3.8) is 0 Å². The maximum Gasteiger partial charge on any atom is 0.192 e. The summed E-state index contributed by atoms with van der Waals surface area (Å²) < 4.78 is 16.0. The number of aliphatic hydroxyl groups excluding tert-OH is 1. The minimum Gasteiger partial charge on any atom is -0.396 e. The predicted molar refractivity (Wildman–Crippen MR) is 58.8 cm³/mol. The molecule has 0 amide bonds. The minimum atomic E-state index is -0.0955. The largest absolute Gasteiger partial charge is 0.396 e. The Morgan fingerprint density at radius 1 is 1.19 bits per heavy atom. The van der Waals surface area contributed by atoms with Gasteiger partial charge in [0, 0.05) is 6.61 Å². The molecule has 0 radical (unpaired) electrons. The molecule has 0 spiro atoms. The van der Waals surface area contributed by atoms with Gasteiger partial charge in [-0.3, -0.25) is 0 Å².